The summed E-state index contributed by atoms with van der Waals surface area (Å²) in [4.78, 5) is 22.0. The average molecular weight is 352 g/mol. The molecule has 2 rings (SSSR count). The monoisotopic (exact) mass is 352 g/mol. The van der Waals surface area contributed by atoms with E-state index in [0.29, 0.717) is 16.7 Å². The van der Waals surface area contributed by atoms with E-state index in [-0.39, 0.29) is 21.9 Å². The Kier molecular flexibility index (Phi) is 5.14. The molecule has 0 fully saturated rings. The lowest BCUT2D eigenvalue weighted by Crippen LogP contribution is -2.24. The molecule has 0 saturated carbocycles. The molecule has 23 heavy (non-hydrogen) atoms. The van der Waals surface area contributed by atoms with Gasteiger partial charge in [-0.25, -0.2) is 22.0 Å². The first-order valence-corrected chi connectivity index (χ1v) is 6.99. The summed E-state index contributed by atoms with van der Waals surface area (Å²) >= 11 is 0.257. The summed E-state index contributed by atoms with van der Waals surface area (Å²) in [6.07, 6.45) is -2.06. The fourth-order valence-corrected chi connectivity index (χ4v) is 2.55. The van der Waals surface area contributed by atoms with Gasteiger partial charge >= 0.3 is 0 Å². The van der Waals surface area contributed by atoms with Crippen molar-refractivity contribution in [3.63, 3.8) is 0 Å². The topological polar surface area (TPSA) is 51.1 Å². The average Bonchev–Trinajstić information content (AvgIpc) is 2.87. The molecule has 2 aromatic rings. The maximum Gasteiger partial charge on any atom is 0.286 e. The van der Waals surface area contributed by atoms with Gasteiger partial charge in [0.1, 0.15) is 17.4 Å². The van der Waals surface area contributed by atoms with E-state index in [1.807, 2.05) is 0 Å². The Balaban J connectivity index is 2.26. The highest BCUT2D eigenvalue weighted by molar-refractivity contribution is 7.14. The Morgan fingerprint density at radius 3 is 2.52 bits per heavy atom. The van der Waals surface area contributed by atoms with Crippen LogP contribution in [0.2, 0.25) is 0 Å². The minimum atomic E-state index is -3.06. The quantitative estimate of drug-likeness (QED) is 0.839. The van der Waals surface area contributed by atoms with E-state index in [1.165, 1.54) is 0 Å². The van der Waals surface area contributed by atoms with Gasteiger partial charge in [-0.3, -0.25) is 9.59 Å². The molecule has 0 aliphatic carbocycles. The molecule has 0 aliphatic heterocycles. The summed E-state index contributed by atoms with van der Waals surface area (Å²) < 4.78 is 64.6. The number of hydrogen-bond acceptors (Lipinski definition) is 3. The Hall–Kier alpha value is -2.23. The van der Waals surface area contributed by atoms with Crippen LogP contribution in [0.3, 0.4) is 0 Å². The summed E-state index contributed by atoms with van der Waals surface area (Å²) in [6.45, 7) is -1.34. The lowest BCUT2D eigenvalue weighted by atomic mass is 10.3. The molecule has 0 radical (unpaired) electrons. The first kappa shape index (κ1) is 17.1. The third-order valence-corrected chi connectivity index (χ3v) is 3.88. The van der Waals surface area contributed by atoms with Crippen molar-refractivity contribution in [1.29, 1.82) is 0 Å². The number of alkyl halides is 3. The number of nitrogens with zero attached hydrogens (tertiary/aromatic N) is 1. The predicted molar refractivity (Wildman–Crippen MR) is 73.8 cm³/mol. The molecule has 10 heteroatoms. The largest absolute Gasteiger partial charge is 0.320 e. The number of anilines is 1. The van der Waals surface area contributed by atoms with E-state index in [2.05, 4.69) is 5.32 Å². The van der Waals surface area contributed by atoms with E-state index in [1.54, 1.807) is 0 Å². The van der Waals surface area contributed by atoms with Crippen molar-refractivity contribution in [1.82, 2.24) is 4.57 Å². The molecule has 0 atom stereocenters. The van der Waals surface area contributed by atoms with Crippen LogP contribution in [0.4, 0.5) is 27.6 Å². The van der Waals surface area contributed by atoms with Crippen LogP contribution in [-0.2, 0) is 6.54 Å². The van der Waals surface area contributed by atoms with Crippen LogP contribution in [0.25, 0.3) is 0 Å². The van der Waals surface area contributed by atoms with Crippen molar-refractivity contribution in [3.05, 3.63) is 50.1 Å². The number of aryl methyl sites for hydroxylation is 1. The minimum Gasteiger partial charge on any atom is -0.320 e. The summed E-state index contributed by atoms with van der Waals surface area (Å²) in [5.74, 6) is -3.39. The molecular weight excluding hydrogens is 343 g/mol. The highest BCUT2D eigenvalue weighted by atomic mass is 32.1. The van der Waals surface area contributed by atoms with Gasteiger partial charge < -0.3 is 9.88 Å². The molecule has 0 spiro atoms. The fourth-order valence-electron chi connectivity index (χ4n) is 1.76. The number of hydrogen-bond donors (Lipinski definition) is 1. The van der Waals surface area contributed by atoms with Gasteiger partial charge in [0.05, 0.1) is 17.1 Å². The molecule has 124 valence electrons. The van der Waals surface area contributed by atoms with Gasteiger partial charge in [0.15, 0.2) is 5.82 Å². The van der Waals surface area contributed by atoms with Crippen LogP contribution in [-0.4, -0.2) is 17.1 Å². The second-order valence-electron chi connectivity index (χ2n) is 4.34. The van der Waals surface area contributed by atoms with Gasteiger partial charge in [-0.05, 0) is 6.07 Å². The van der Waals surface area contributed by atoms with Gasteiger partial charge in [0, 0.05) is 12.3 Å². The lowest BCUT2D eigenvalue weighted by molar-refractivity contribution is 0.103. The fraction of sp³-hybridized carbons (Fsp3) is 0.231. The number of carbonyl (C=O) groups is 1. The highest BCUT2D eigenvalue weighted by Crippen LogP contribution is 2.30. The third-order valence-electron chi connectivity index (χ3n) is 2.76. The normalized spacial score (nSPS) is 11.0. The van der Waals surface area contributed by atoms with E-state index < -0.39 is 47.6 Å². The van der Waals surface area contributed by atoms with Crippen molar-refractivity contribution in [2.24, 2.45) is 0 Å². The first-order valence-electron chi connectivity index (χ1n) is 6.18. The van der Waals surface area contributed by atoms with Gasteiger partial charge in [-0.1, -0.05) is 0 Å². The molecule has 2 aromatic heterocycles. The summed E-state index contributed by atoms with van der Waals surface area (Å²) in [6, 6.07) is 1.34. The van der Waals surface area contributed by atoms with E-state index >= 15 is 0 Å². The smallest absolute Gasteiger partial charge is 0.286 e. The molecule has 0 saturated heterocycles. The number of aromatic nitrogens is 1. The second kappa shape index (κ2) is 6.90. The predicted octanol–water partition coefficient (Wildman–Crippen LogP) is 3.35. The zero-order valence-corrected chi connectivity index (χ0v) is 12.1. The minimum absolute atomic E-state index is 0.187. The number of nitrogens with one attached hydrogen (secondary N) is 1. The highest BCUT2D eigenvalue weighted by Gasteiger charge is 2.21. The van der Waals surface area contributed by atoms with Crippen molar-refractivity contribution in [2.75, 3.05) is 12.0 Å². The van der Waals surface area contributed by atoms with E-state index in [4.69, 9.17) is 0 Å². The Labute approximate surface area is 130 Å². The Bertz CT molecular complexity index is 787. The summed E-state index contributed by atoms with van der Waals surface area (Å²) in [5.41, 5.74) is -1.25. The van der Waals surface area contributed by atoms with Crippen LogP contribution in [0, 0.1) is 11.6 Å². The zero-order chi connectivity index (χ0) is 17.1. The molecule has 0 aliphatic rings. The molecule has 0 bridgehead atoms. The number of amides is 1. The maximum atomic E-state index is 13.4. The van der Waals surface area contributed by atoms with Crippen molar-refractivity contribution in [2.45, 2.75) is 13.0 Å². The standard InChI is InChI=1S/C13H9F5N2O2S/c14-1-2-20-5-6(3-8(16)13(20)22)19-12(21)9-4-7(15)10(23-9)11(17)18/h3-5,11H,1-2H2,(H,19,21). The van der Waals surface area contributed by atoms with Gasteiger partial charge in [0.2, 0.25) is 0 Å². The van der Waals surface area contributed by atoms with Crippen LogP contribution in [0.15, 0.2) is 23.1 Å². The van der Waals surface area contributed by atoms with Crippen LogP contribution in [0.5, 0.6) is 0 Å². The number of carbonyl (C=O) groups excluding carboxylic acids is 1. The molecule has 1 N–H and O–H groups in total. The third kappa shape index (κ3) is 3.76. The lowest BCUT2D eigenvalue weighted by Gasteiger charge is -2.08. The molecule has 2 heterocycles. The van der Waals surface area contributed by atoms with Crippen LogP contribution >= 0.6 is 11.3 Å². The SMILES string of the molecule is O=C(Nc1cc(F)c(=O)n(CCF)c1)c1cc(F)c(C(F)F)s1. The zero-order valence-electron chi connectivity index (χ0n) is 11.3. The number of thiophene rings is 1. The number of rotatable bonds is 5. The Morgan fingerprint density at radius 1 is 1.26 bits per heavy atom. The molecule has 1 amide bonds. The van der Waals surface area contributed by atoms with Crippen molar-refractivity contribution >= 4 is 22.9 Å². The first-order chi connectivity index (χ1) is 10.8. The van der Waals surface area contributed by atoms with E-state index in [0.717, 1.165) is 6.20 Å². The molecule has 4 nitrogen and oxygen atoms in total. The van der Waals surface area contributed by atoms with Gasteiger partial charge in [-0.15, -0.1) is 11.3 Å². The second-order valence-corrected chi connectivity index (χ2v) is 5.43. The maximum absolute atomic E-state index is 13.4. The van der Waals surface area contributed by atoms with Crippen molar-refractivity contribution < 1.29 is 26.7 Å². The van der Waals surface area contributed by atoms with Gasteiger partial charge in [-0.2, -0.15) is 0 Å². The van der Waals surface area contributed by atoms with Gasteiger partial charge in [0.25, 0.3) is 17.9 Å². The Morgan fingerprint density at radius 2 is 1.96 bits per heavy atom. The molecular formula is C13H9F5N2O2S. The number of pyridine rings is 1. The molecule has 0 aromatic carbocycles. The van der Waals surface area contributed by atoms with Crippen molar-refractivity contribution in [3.8, 4) is 0 Å². The van der Waals surface area contributed by atoms with Crippen LogP contribution in [0.1, 0.15) is 21.0 Å². The summed E-state index contributed by atoms with van der Waals surface area (Å²) in [7, 11) is 0. The summed E-state index contributed by atoms with van der Waals surface area (Å²) in [5, 5.41) is 2.14. The molecule has 0 unspecified atom stereocenters. The van der Waals surface area contributed by atoms with Crippen LogP contribution < -0.4 is 10.9 Å². The van der Waals surface area contributed by atoms with E-state index in [9.17, 15) is 31.5 Å². The number of halogens is 5.